The molecule has 0 aliphatic rings. The van der Waals surface area contributed by atoms with Crippen LogP contribution in [-0.4, -0.2) is 25.4 Å². The molecule has 0 saturated heterocycles. The van der Waals surface area contributed by atoms with Gasteiger partial charge in [0.1, 0.15) is 11.6 Å². The van der Waals surface area contributed by atoms with Gasteiger partial charge in [0.15, 0.2) is 0 Å². The molecular weight excluding hydrogens is 209 g/mol. The topological polar surface area (TPSA) is 41.5 Å². The first-order valence-corrected chi connectivity index (χ1v) is 5.44. The maximum atomic E-state index is 13.2. The van der Waals surface area contributed by atoms with Crippen LogP contribution in [0.1, 0.15) is 18.4 Å². The van der Waals surface area contributed by atoms with E-state index in [0.29, 0.717) is 25.3 Å². The lowest BCUT2D eigenvalue weighted by Crippen LogP contribution is -2.06. The number of hydrogen-bond donors (Lipinski definition) is 2. The van der Waals surface area contributed by atoms with Gasteiger partial charge in [-0.05, 0) is 37.6 Å². The highest BCUT2D eigenvalue weighted by Gasteiger charge is 2.01. The predicted octanol–water partition coefficient (Wildman–Crippen LogP) is 1.70. The van der Waals surface area contributed by atoms with Crippen LogP contribution in [0.2, 0.25) is 0 Å². The van der Waals surface area contributed by atoms with Crippen LogP contribution >= 0.6 is 0 Å². The van der Waals surface area contributed by atoms with Crippen molar-refractivity contribution in [3.63, 3.8) is 0 Å². The van der Waals surface area contributed by atoms with E-state index in [4.69, 9.17) is 9.84 Å². The van der Waals surface area contributed by atoms with Crippen LogP contribution in [0.3, 0.4) is 0 Å². The molecule has 2 N–H and O–H groups in total. The average Bonchev–Trinajstić information content (AvgIpc) is 2.24. The number of hydrogen-bond acceptors (Lipinski definition) is 3. The van der Waals surface area contributed by atoms with Crippen molar-refractivity contribution in [3.8, 4) is 5.75 Å². The number of aliphatic hydroxyl groups is 1. The summed E-state index contributed by atoms with van der Waals surface area (Å²) in [4.78, 5) is 0. The first-order chi connectivity index (χ1) is 7.76. The highest BCUT2D eigenvalue weighted by Crippen LogP contribution is 2.16. The molecule has 1 aromatic carbocycles. The van der Waals surface area contributed by atoms with E-state index in [0.717, 1.165) is 12.0 Å². The first-order valence-electron chi connectivity index (χ1n) is 5.44. The molecule has 1 rings (SSSR count). The molecule has 0 aliphatic heterocycles. The minimum absolute atomic E-state index is 0.164. The van der Waals surface area contributed by atoms with Crippen molar-refractivity contribution in [1.29, 1.82) is 0 Å². The summed E-state index contributed by atoms with van der Waals surface area (Å²) < 4.78 is 18.6. The third-order valence-corrected chi connectivity index (χ3v) is 2.13. The van der Waals surface area contributed by atoms with Crippen molar-refractivity contribution in [1.82, 2.24) is 5.32 Å². The molecule has 16 heavy (non-hydrogen) atoms. The van der Waals surface area contributed by atoms with E-state index in [9.17, 15) is 4.39 Å². The molecule has 0 aliphatic carbocycles. The van der Waals surface area contributed by atoms with Crippen molar-refractivity contribution in [2.45, 2.75) is 19.4 Å². The predicted molar refractivity (Wildman–Crippen MR) is 61.0 cm³/mol. The zero-order chi connectivity index (χ0) is 11.8. The van der Waals surface area contributed by atoms with Crippen LogP contribution in [0.15, 0.2) is 18.2 Å². The zero-order valence-electron chi connectivity index (χ0n) is 9.50. The Bertz CT molecular complexity index is 318. The highest BCUT2D eigenvalue weighted by atomic mass is 19.1. The number of rotatable bonds is 7. The van der Waals surface area contributed by atoms with E-state index in [-0.39, 0.29) is 12.4 Å². The Hall–Kier alpha value is -1.13. The molecule has 0 saturated carbocycles. The van der Waals surface area contributed by atoms with Crippen molar-refractivity contribution in [2.75, 3.05) is 20.3 Å². The van der Waals surface area contributed by atoms with E-state index in [1.165, 1.54) is 12.1 Å². The van der Waals surface area contributed by atoms with Crippen LogP contribution in [0, 0.1) is 5.82 Å². The molecule has 3 nitrogen and oxygen atoms in total. The van der Waals surface area contributed by atoms with Gasteiger partial charge in [0.25, 0.3) is 0 Å². The van der Waals surface area contributed by atoms with E-state index in [1.807, 2.05) is 13.1 Å². The number of benzene rings is 1. The first kappa shape index (κ1) is 12.9. The summed E-state index contributed by atoms with van der Waals surface area (Å²) in [5, 5.41) is 11.6. The Morgan fingerprint density at radius 2 is 2.12 bits per heavy atom. The number of unbranched alkanes of at least 4 members (excludes halogenated alkanes) is 1. The van der Waals surface area contributed by atoms with E-state index < -0.39 is 0 Å². The average molecular weight is 227 g/mol. The molecule has 0 atom stereocenters. The second-order valence-electron chi connectivity index (χ2n) is 3.60. The molecule has 0 radical (unpaired) electrons. The van der Waals surface area contributed by atoms with E-state index >= 15 is 0 Å². The van der Waals surface area contributed by atoms with Crippen LogP contribution in [0.4, 0.5) is 4.39 Å². The smallest absolute Gasteiger partial charge is 0.127 e. The minimum Gasteiger partial charge on any atom is -0.493 e. The fourth-order valence-electron chi connectivity index (χ4n) is 1.41. The van der Waals surface area contributed by atoms with Gasteiger partial charge in [0, 0.05) is 19.2 Å². The third-order valence-electron chi connectivity index (χ3n) is 2.13. The monoisotopic (exact) mass is 227 g/mol. The second kappa shape index (κ2) is 7.19. The summed E-state index contributed by atoms with van der Waals surface area (Å²) in [7, 11) is 1.81. The summed E-state index contributed by atoms with van der Waals surface area (Å²) in [5.41, 5.74) is 0.861. The third kappa shape index (κ3) is 4.59. The van der Waals surface area contributed by atoms with Gasteiger partial charge in [-0.2, -0.15) is 0 Å². The summed E-state index contributed by atoms with van der Waals surface area (Å²) in [5.74, 6) is 0.257. The normalized spacial score (nSPS) is 10.4. The highest BCUT2D eigenvalue weighted by molar-refractivity contribution is 5.29. The quantitative estimate of drug-likeness (QED) is 0.697. The fourth-order valence-corrected chi connectivity index (χ4v) is 1.41. The van der Waals surface area contributed by atoms with Gasteiger partial charge in [-0.1, -0.05) is 0 Å². The largest absolute Gasteiger partial charge is 0.493 e. The Balaban J connectivity index is 2.51. The zero-order valence-corrected chi connectivity index (χ0v) is 9.50. The maximum absolute atomic E-state index is 13.2. The SMILES string of the molecule is CNCc1cc(F)cc(OCCCCO)c1. The molecule has 0 heterocycles. The lowest BCUT2D eigenvalue weighted by Gasteiger charge is -2.08. The summed E-state index contributed by atoms with van der Waals surface area (Å²) >= 11 is 0. The van der Waals surface area contributed by atoms with Crippen molar-refractivity contribution >= 4 is 0 Å². The molecule has 0 fully saturated rings. The summed E-state index contributed by atoms with van der Waals surface area (Å²) in [6.45, 7) is 1.28. The number of ether oxygens (including phenoxy) is 1. The van der Waals surface area contributed by atoms with Gasteiger partial charge < -0.3 is 15.2 Å². The molecule has 0 spiro atoms. The van der Waals surface area contributed by atoms with Crippen LogP contribution < -0.4 is 10.1 Å². The molecule has 4 heteroatoms. The van der Waals surface area contributed by atoms with E-state index in [1.54, 1.807) is 0 Å². The Morgan fingerprint density at radius 3 is 2.81 bits per heavy atom. The fraction of sp³-hybridized carbons (Fsp3) is 0.500. The molecular formula is C12H18FNO2. The van der Waals surface area contributed by atoms with Gasteiger partial charge >= 0.3 is 0 Å². The molecule has 0 unspecified atom stereocenters. The number of aliphatic hydroxyl groups excluding tert-OH is 1. The Kier molecular flexibility index (Phi) is 5.82. The van der Waals surface area contributed by atoms with Gasteiger partial charge in [0.2, 0.25) is 0 Å². The van der Waals surface area contributed by atoms with Crippen LogP contribution in [-0.2, 0) is 6.54 Å². The Labute approximate surface area is 95.2 Å². The molecule has 1 aromatic rings. The van der Waals surface area contributed by atoms with Gasteiger partial charge in [0.05, 0.1) is 6.61 Å². The number of nitrogens with one attached hydrogen (secondary N) is 1. The summed E-state index contributed by atoms with van der Waals surface area (Å²) in [6, 6.07) is 4.67. The molecule has 90 valence electrons. The van der Waals surface area contributed by atoms with Gasteiger partial charge in [-0.3, -0.25) is 0 Å². The van der Waals surface area contributed by atoms with E-state index in [2.05, 4.69) is 5.32 Å². The van der Waals surface area contributed by atoms with Crippen LogP contribution in [0.5, 0.6) is 5.75 Å². The number of halogens is 1. The van der Waals surface area contributed by atoms with Crippen molar-refractivity contribution in [3.05, 3.63) is 29.6 Å². The standard InChI is InChI=1S/C12H18FNO2/c1-14-9-10-6-11(13)8-12(7-10)16-5-3-2-4-15/h6-8,14-15H,2-5,9H2,1H3. The molecule has 0 bridgehead atoms. The Morgan fingerprint density at radius 1 is 1.31 bits per heavy atom. The lowest BCUT2D eigenvalue weighted by molar-refractivity contribution is 0.252. The molecule has 0 aromatic heterocycles. The van der Waals surface area contributed by atoms with Crippen molar-refractivity contribution in [2.24, 2.45) is 0 Å². The maximum Gasteiger partial charge on any atom is 0.127 e. The van der Waals surface area contributed by atoms with Gasteiger partial charge in [-0.25, -0.2) is 4.39 Å². The minimum atomic E-state index is -0.287. The van der Waals surface area contributed by atoms with Crippen LogP contribution in [0.25, 0.3) is 0 Å². The lowest BCUT2D eigenvalue weighted by atomic mass is 10.2. The van der Waals surface area contributed by atoms with Crippen molar-refractivity contribution < 1.29 is 14.2 Å². The second-order valence-corrected chi connectivity index (χ2v) is 3.60. The molecule has 0 amide bonds. The summed E-state index contributed by atoms with van der Waals surface area (Å²) in [6.07, 6.45) is 1.48. The van der Waals surface area contributed by atoms with Gasteiger partial charge in [-0.15, -0.1) is 0 Å².